The van der Waals surface area contributed by atoms with E-state index in [1.807, 2.05) is 25.2 Å². The number of anilines is 1. The zero-order valence-electron chi connectivity index (χ0n) is 12.5. The molecule has 0 atom stereocenters. The first-order chi connectivity index (χ1) is 9.69. The molecule has 0 amide bonds. The third-order valence-electron chi connectivity index (χ3n) is 3.01. The van der Waals surface area contributed by atoms with Crippen molar-refractivity contribution in [2.24, 2.45) is 0 Å². The van der Waals surface area contributed by atoms with Crippen LogP contribution >= 0.6 is 11.3 Å². The Morgan fingerprint density at radius 1 is 1.35 bits per heavy atom. The van der Waals surface area contributed by atoms with E-state index in [0.29, 0.717) is 0 Å². The van der Waals surface area contributed by atoms with Crippen LogP contribution in [0.5, 0.6) is 0 Å². The summed E-state index contributed by atoms with van der Waals surface area (Å²) in [4.78, 5) is 7.23. The number of ether oxygens (including phenoxy) is 1. The van der Waals surface area contributed by atoms with E-state index in [9.17, 15) is 0 Å². The number of nitrogens with one attached hydrogen (secondary N) is 1. The normalized spacial score (nSPS) is 10.9. The van der Waals surface area contributed by atoms with E-state index in [4.69, 9.17) is 4.74 Å². The Hall–Kier alpha value is -1.33. The summed E-state index contributed by atoms with van der Waals surface area (Å²) in [6, 6.07) is 4.32. The Morgan fingerprint density at radius 2 is 2.20 bits per heavy atom. The highest BCUT2D eigenvalue weighted by atomic mass is 32.1. The van der Waals surface area contributed by atoms with Crippen LogP contribution in [0.1, 0.15) is 28.8 Å². The molecule has 0 unspecified atom stereocenters. The molecule has 5 heteroatoms. The number of aromatic nitrogens is 2. The lowest BCUT2D eigenvalue weighted by molar-refractivity contribution is 0.142. The Balaban J connectivity index is 1.89. The van der Waals surface area contributed by atoms with E-state index in [1.54, 1.807) is 0 Å². The third kappa shape index (κ3) is 4.35. The monoisotopic (exact) mass is 293 g/mol. The van der Waals surface area contributed by atoms with Crippen molar-refractivity contribution in [3.05, 3.63) is 33.8 Å². The van der Waals surface area contributed by atoms with Gasteiger partial charge in [0.2, 0.25) is 5.95 Å². The lowest BCUT2D eigenvalue weighted by atomic mass is 10.4. The maximum atomic E-state index is 5.38. The molecule has 0 aliphatic rings. The van der Waals surface area contributed by atoms with Crippen LogP contribution in [-0.2, 0) is 17.8 Å². The highest BCUT2D eigenvalue weighted by molar-refractivity contribution is 7.11. The number of hydrogen-bond donors (Lipinski definition) is 1. The van der Waals surface area contributed by atoms with Gasteiger partial charge in [-0.1, -0.05) is 0 Å². The van der Waals surface area contributed by atoms with Gasteiger partial charge in [0, 0.05) is 35.7 Å². The molecule has 2 aromatic heterocycles. The summed E-state index contributed by atoms with van der Waals surface area (Å²) in [5.74, 6) is 0.949. The molecule has 1 N–H and O–H groups in total. The second kappa shape index (κ2) is 7.45. The van der Waals surface area contributed by atoms with Crippen molar-refractivity contribution in [3.8, 4) is 0 Å². The summed E-state index contributed by atoms with van der Waals surface area (Å²) in [7, 11) is 0. The standard InChI is InChI=1S/C15H23N3OS/c1-4-19-9-5-8-18-11-12(2)17-15(18)16-10-14-7-6-13(3)20-14/h6-7,11H,4-5,8-10H2,1-3H3,(H,16,17). The zero-order valence-corrected chi connectivity index (χ0v) is 13.3. The predicted octanol–water partition coefficient (Wildman–Crippen LogP) is 3.60. The Morgan fingerprint density at radius 3 is 2.90 bits per heavy atom. The fourth-order valence-electron chi connectivity index (χ4n) is 2.09. The van der Waals surface area contributed by atoms with Gasteiger partial charge in [-0.25, -0.2) is 4.98 Å². The molecule has 4 nitrogen and oxygen atoms in total. The van der Waals surface area contributed by atoms with Crippen molar-refractivity contribution in [1.29, 1.82) is 0 Å². The zero-order chi connectivity index (χ0) is 14.4. The molecule has 20 heavy (non-hydrogen) atoms. The van der Waals surface area contributed by atoms with Gasteiger partial charge in [-0.15, -0.1) is 11.3 Å². The molecule has 0 aromatic carbocycles. The van der Waals surface area contributed by atoms with Crippen molar-refractivity contribution < 1.29 is 4.74 Å². The largest absolute Gasteiger partial charge is 0.382 e. The highest BCUT2D eigenvalue weighted by Gasteiger charge is 2.06. The second-order valence-corrected chi connectivity index (χ2v) is 6.19. The van der Waals surface area contributed by atoms with Gasteiger partial charge in [0.05, 0.1) is 12.2 Å². The SMILES string of the molecule is CCOCCCn1cc(C)nc1NCc1ccc(C)s1. The molecule has 0 saturated carbocycles. The number of imidazole rings is 1. The minimum absolute atomic E-state index is 0.784. The maximum absolute atomic E-state index is 5.38. The maximum Gasteiger partial charge on any atom is 0.203 e. The number of thiophene rings is 1. The molecule has 0 bridgehead atoms. The van der Waals surface area contributed by atoms with E-state index in [0.717, 1.165) is 44.4 Å². The van der Waals surface area contributed by atoms with E-state index in [1.165, 1.54) is 9.75 Å². The molecule has 0 spiro atoms. The van der Waals surface area contributed by atoms with Crippen LogP contribution in [-0.4, -0.2) is 22.8 Å². The van der Waals surface area contributed by atoms with Crippen LogP contribution < -0.4 is 5.32 Å². The first-order valence-corrected chi connectivity index (χ1v) is 7.91. The van der Waals surface area contributed by atoms with Gasteiger partial charge in [-0.05, 0) is 39.3 Å². The lowest BCUT2D eigenvalue weighted by Gasteiger charge is -2.09. The van der Waals surface area contributed by atoms with Gasteiger partial charge in [0.15, 0.2) is 0 Å². The molecule has 0 fully saturated rings. The summed E-state index contributed by atoms with van der Waals surface area (Å²) in [5.41, 5.74) is 1.05. The van der Waals surface area contributed by atoms with Crippen molar-refractivity contribution >= 4 is 17.3 Å². The average Bonchev–Trinajstić information content (AvgIpc) is 2.98. The predicted molar refractivity (Wildman–Crippen MR) is 84.5 cm³/mol. The van der Waals surface area contributed by atoms with Crippen molar-refractivity contribution in [2.75, 3.05) is 18.5 Å². The minimum atomic E-state index is 0.784. The minimum Gasteiger partial charge on any atom is -0.382 e. The van der Waals surface area contributed by atoms with Gasteiger partial charge < -0.3 is 14.6 Å². The van der Waals surface area contributed by atoms with E-state index in [-0.39, 0.29) is 0 Å². The fraction of sp³-hybridized carbons (Fsp3) is 0.533. The molecule has 2 aromatic rings. The Kier molecular flexibility index (Phi) is 5.61. The average molecular weight is 293 g/mol. The van der Waals surface area contributed by atoms with Crippen LogP contribution in [0.3, 0.4) is 0 Å². The molecule has 0 aliphatic carbocycles. The van der Waals surface area contributed by atoms with Crippen LogP contribution in [0.2, 0.25) is 0 Å². The molecular weight excluding hydrogens is 270 g/mol. The van der Waals surface area contributed by atoms with E-state index in [2.05, 4.69) is 40.1 Å². The smallest absolute Gasteiger partial charge is 0.203 e. The van der Waals surface area contributed by atoms with Gasteiger partial charge in [0.25, 0.3) is 0 Å². The third-order valence-corrected chi connectivity index (χ3v) is 4.01. The van der Waals surface area contributed by atoms with Crippen LogP contribution in [0.4, 0.5) is 5.95 Å². The van der Waals surface area contributed by atoms with E-state index >= 15 is 0 Å². The lowest BCUT2D eigenvalue weighted by Crippen LogP contribution is -2.08. The van der Waals surface area contributed by atoms with E-state index < -0.39 is 0 Å². The van der Waals surface area contributed by atoms with Crippen LogP contribution in [0.15, 0.2) is 18.3 Å². The summed E-state index contributed by atoms with van der Waals surface area (Å²) in [6.07, 6.45) is 3.10. The number of aryl methyl sites for hydroxylation is 3. The summed E-state index contributed by atoms with van der Waals surface area (Å²) in [5, 5.41) is 3.43. The molecule has 2 rings (SSSR count). The van der Waals surface area contributed by atoms with Crippen molar-refractivity contribution in [2.45, 2.75) is 40.3 Å². The van der Waals surface area contributed by atoms with Crippen LogP contribution in [0, 0.1) is 13.8 Å². The second-order valence-electron chi connectivity index (χ2n) is 4.82. The van der Waals surface area contributed by atoms with Crippen molar-refractivity contribution in [1.82, 2.24) is 9.55 Å². The number of hydrogen-bond acceptors (Lipinski definition) is 4. The van der Waals surface area contributed by atoms with Gasteiger partial charge >= 0.3 is 0 Å². The Bertz CT molecular complexity index is 533. The molecule has 110 valence electrons. The molecule has 0 aliphatic heterocycles. The van der Waals surface area contributed by atoms with Gasteiger partial charge in [-0.3, -0.25) is 0 Å². The fourth-order valence-corrected chi connectivity index (χ4v) is 2.92. The first-order valence-electron chi connectivity index (χ1n) is 7.09. The first kappa shape index (κ1) is 15.1. The summed E-state index contributed by atoms with van der Waals surface area (Å²) < 4.78 is 7.56. The highest BCUT2D eigenvalue weighted by Crippen LogP contribution is 2.17. The molecule has 0 radical (unpaired) electrons. The number of rotatable bonds is 8. The molecule has 0 saturated heterocycles. The van der Waals surface area contributed by atoms with Crippen LogP contribution in [0.25, 0.3) is 0 Å². The van der Waals surface area contributed by atoms with Crippen molar-refractivity contribution in [3.63, 3.8) is 0 Å². The quantitative estimate of drug-likeness (QED) is 0.756. The molecule has 2 heterocycles. The topological polar surface area (TPSA) is 39.1 Å². The van der Waals surface area contributed by atoms with Gasteiger partial charge in [-0.2, -0.15) is 0 Å². The summed E-state index contributed by atoms with van der Waals surface area (Å²) in [6.45, 7) is 9.54. The Labute approximate surface area is 124 Å². The summed E-state index contributed by atoms with van der Waals surface area (Å²) >= 11 is 1.82. The van der Waals surface area contributed by atoms with Gasteiger partial charge in [0.1, 0.15) is 0 Å². The molecular formula is C15H23N3OS. The number of nitrogens with zero attached hydrogens (tertiary/aromatic N) is 2.